The fourth-order valence-electron chi connectivity index (χ4n) is 1.58. The summed E-state index contributed by atoms with van der Waals surface area (Å²) in [6.45, 7) is 9.43. The standard InChI is InChI=1S/C14H21BrN2O2/c1-9-6-7-11(10(2)16-12(9)8-15)17-13(18)19-14(3,4)5/h7H,6,8H2,1-5H3,(H,17,18). The van der Waals surface area contributed by atoms with Gasteiger partial charge < -0.3 is 4.74 Å². The van der Waals surface area contributed by atoms with Gasteiger partial charge in [-0.3, -0.25) is 10.3 Å². The van der Waals surface area contributed by atoms with Gasteiger partial charge in [0, 0.05) is 5.33 Å². The normalized spacial score (nSPS) is 16.5. The van der Waals surface area contributed by atoms with E-state index >= 15 is 0 Å². The smallest absolute Gasteiger partial charge is 0.412 e. The lowest BCUT2D eigenvalue weighted by Crippen LogP contribution is -2.33. The van der Waals surface area contributed by atoms with Crippen molar-refractivity contribution < 1.29 is 9.53 Å². The molecular formula is C14H21BrN2O2. The molecule has 19 heavy (non-hydrogen) atoms. The first-order valence-electron chi connectivity index (χ1n) is 6.23. The fraction of sp³-hybridized carbons (Fsp3) is 0.571. The minimum atomic E-state index is -0.504. The van der Waals surface area contributed by atoms with Gasteiger partial charge in [-0.05, 0) is 46.6 Å². The van der Waals surface area contributed by atoms with Gasteiger partial charge in [-0.1, -0.05) is 22.0 Å². The Morgan fingerprint density at radius 3 is 2.63 bits per heavy atom. The molecule has 1 aliphatic rings. The van der Waals surface area contributed by atoms with E-state index in [0.717, 1.165) is 17.8 Å². The fourth-order valence-corrected chi connectivity index (χ4v) is 2.18. The van der Waals surface area contributed by atoms with Crippen LogP contribution in [0.3, 0.4) is 0 Å². The van der Waals surface area contributed by atoms with Crippen molar-refractivity contribution in [2.24, 2.45) is 4.99 Å². The largest absolute Gasteiger partial charge is 0.444 e. The Balaban J connectivity index is 2.79. The first-order valence-corrected chi connectivity index (χ1v) is 7.35. The van der Waals surface area contributed by atoms with Gasteiger partial charge in [0.05, 0.1) is 17.1 Å². The number of carbonyl (C=O) groups excluding carboxylic acids is 1. The maximum atomic E-state index is 11.8. The summed E-state index contributed by atoms with van der Waals surface area (Å²) in [6.07, 6.45) is 2.29. The summed E-state index contributed by atoms with van der Waals surface area (Å²) in [5, 5.41) is 3.47. The van der Waals surface area contributed by atoms with E-state index in [4.69, 9.17) is 4.74 Å². The number of hydrogen-bond acceptors (Lipinski definition) is 3. The Labute approximate surface area is 123 Å². The van der Waals surface area contributed by atoms with Crippen LogP contribution in [0.4, 0.5) is 4.79 Å². The highest BCUT2D eigenvalue weighted by molar-refractivity contribution is 9.09. The van der Waals surface area contributed by atoms with Crippen LogP contribution in [0, 0.1) is 0 Å². The number of nitrogens with zero attached hydrogens (tertiary/aromatic N) is 1. The van der Waals surface area contributed by atoms with Crippen LogP contribution < -0.4 is 5.32 Å². The van der Waals surface area contributed by atoms with Crippen LogP contribution in [-0.2, 0) is 4.74 Å². The second kappa shape index (κ2) is 6.37. The van der Waals surface area contributed by atoms with E-state index in [1.807, 2.05) is 40.7 Å². The third-order valence-electron chi connectivity index (χ3n) is 2.56. The monoisotopic (exact) mass is 328 g/mol. The van der Waals surface area contributed by atoms with Crippen LogP contribution in [0.25, 0.3) is 0 Å². The second-order valence-electron chi connectivity index (χ2n) is 5.51. The molecule has 0 fully saturated rings. The Morgan fingerprint density at radius 2 is 2.11 bits per heavy atom. The predicted molar refractivity (Wildman–Crippen MR) is 81.7 cm³/mol. The average Bonchev–Trinajstić information content (AvgIpc) is 2.39. The van der Waals surface area contributed by atoms with Crippen LogP contribution in [0.2, 0.25) is 0 Å². The highest BCUT2D eigenvalue weighted by Crippen LogP contribution is 2.19. The number of amides is 1. The van der Waals surface area contributed by atoms with E-state index < -0.39 is 11.7 Å². The molecule has 1 amide bonds. The molecule has 0 saturated heterocycles. The maximum absolute atomic E-state index is 11.8. The molecule has 106 valence electrons. The quantitative estimate of drug-likeness (QED) is 0.781. The molecule has 0 atom stereocenters. The molecule has 1 aliphatic heterocycles. The third-order valence-corrected chi connectivity index (χ3v) is 3.09. The molecule has 1 rings (SSSR count). The zero-order chi connectivity index (χ0) is 14.6. The van der Waals surface area contributed by atoms with Gasteiger partial charge in [0.2, 0.25) is 0 Å². The average molecular weight is 329 g/mol. The molecule has 1 heterocycles. The first kappa shape index (κ1) is 16.0. The topological polar surface area (TPSA) is 50.7 Å². The molecule has 0 saturated carbocycles. The van der Waals surface area contributed by atoms with Gasteiger partial charge >= 0.3 is 6.09 Å². The molecule has 0 bridgehead atoms. The van der Waals surface area contributed by atoms with Crippen molar-refractivity contribution in [3.05, 3.63) is 23.0 Å². The summed E-state index contributed by atoms with van der Waals surface area (Å²) in [5.41, 5.74) is 3.20. The van der Waals surface area contributed by atoms with Crippen LogP contribution in [0.5, 0.6) is 0 Å². The second-order valence-corrected chi connectivity index (χ2v) is 6.07. The van der Waals surface area contributed by atoms with E-state index in [1.165, 1.54) is 5.57 Å². The number of hydrogen-bond donors (Lipinski definition) is 1. The number of ether oxygens (including phenoxy) is 1. The molecule has 0 aromatic carbocycles. The summed E-state index contributed by atoms with van der Waals surface area (Å²) in [7, 11) is 0. The van der Waals surface area contributed by atoms with E-state index in [-0.39, 0.29) is 0 Å². The molecule has 0 unspecified atom stereocenters. The van der Waals surface area contributed by atoms with Gasteiger partial charge in [0.1, 0.15) is 5.60 Å². The zero-order valence-electron chi connectivity index (χ0n) is 12.1. The van der Waals surface area contributed by atoms with Crippen molar-refractivity contribution in [1.29, 1.82) is 0 Å². The van der Waals surface area contributed by atoms with Gasteiger partial charge in [-0.2, -0.15) is 0 Å². The molecule has 0 aromatic heterocycles. The number of alkyl halides is 1. The van der Waals surface area contributed by atoms with E-state index in [9.17, 15) is 4.79 Å². The Morgan fingerprint density at radius 1 is 1.47 bits per heavy atom. The van der Waals surface area contributed by atoms with Crippen molar-refractivity contribution in [3.63, 3.8) is 0 Å². The lowest BCUT2D eigenvalue weighted by atomic mass is 10.1. The number of aliphatic imine (C=N–C) groups is 1. The number of allylic oxidation sites excluding steroid dienone is 4. The predicted octanol–water partition coefficient (Wildman–Crippen LogP) is 3.93. The van der Waals surface area contributed by atoms with Gasteiger partial charge in [0.15, 0.2) is 0 Å². The van der Waals surface area contributed by atoms with Crippen molar-refractivity contribution in [2.45, 2.75) is 46.6 Å². The number of halogens is 1. The van der Waals surface area contributed by atoms with E-state index in [0.29, 0.717) is 11.0 Å². The third kappa shape index (κ3) is 5.19. The summed E-state index contributed by atoms with van der Waals surface area (Å²) >= 11 is 3.42. The summed E-state index contributed by atoms with van der Waals surface area (Å²) < 4.78 is 5.24. The molecule has 0 radical (unpaired) electrons. The number of carbonyl (C=O) groups is 1. The van der Waals surface area contributed by atoms with Gasteiger partial charge in [-0.15, -0.1) is 0 Å². The first-order chi connectivity index (χ1) is 8.73. The number of rotatable bonds is 2. The maximum Gasteiger partial charge on any atom is 0.412 e. The molecule has 0 spiro atoms. The number of nitrogens with one attached hydrogen (secondary N) is 1. The Kier molecular flexibility index (Phi) is 5.35. The Hall–Kier alpha value is -1.10. The molecule has 0 aliphatic carbocycles. The van der Waals surface area contributed by atoms with Crippen molar-refractivity contribution in [3.8, 4) is 0 Å². The van der Waals surface area contributed by atoms with Gasteiger partial charge in [-0.25, -0.2) is 4.79 Å². The summed E-state index contributed by atoms with van der Waals surface area (Å²) in [6, 6.07) is 0. The zero-order valence-corrected chi connectivity index (χ0v) is 13.7. The molecule has 1 N–H and O–H groups in total. The van der Waals surface area contributed by atoms with Crippen molar-refractivity contribution in [2.75, 3.05) is 5.33 Å². The van der Waals surface area contributed by atoms with Crippen LogP contribution in [-0.4, -0.2) is 22.7 Å². The van der Waals surface area contributed by atoms with Crippen LogP contribution in [0.1, 0.15) is 41.0 Å². The SMILES string of the molecule is CC1=NC(CBr)=C(C)CC=C1NC(=O)OC(C)(C)C. The lowest BCUT2D eigenvalue weighted by Gasteiger charge is -2.20. The van der Waals surface area contributed by atoms with Crippen LogP contribution in [0.15, 0.2) is 28.0 Å². The lowest BCUT2D eigenvalue weighted by molar-refractivity contribution is 0.0549. The minimum Gasteiger partial charge on any atom is -0.444 e. The molecule has 0 aromatic rings. The van der Waals surface area contributed by atoms with Crippen molar-refractivity contribution in [1.82, 2.24) is 5.32 Å². The molecule has 4 nitrogen and oxygen atoms in total. The highest BCUT2D eigenvalue weighted by atomic mass is 79.9. The summed E-state index contributed by atoms with van der Waals surface area (Å²) in [5.74, 6) is 0. The van der Waals surface area contributed by atoms with Crippen molar-refractivity contribution >= 4 is 27.7 Å². The van der Waals surface area contributed by atoms with E-state index in [1.54, 1.807) is 0 Å². The number of alkyl carbamates (subject to hydrolysis) is 1. The molecular weight excluding hydrogens is 308 g/mol. The Bertz CT molecular complexity index is 457. The molecule has 5 heteroatoms. The van der Waals surface area contributed by atoms with E-state index in [2.05, 4.69) is 26.2 Å². The van der Waals surface area contributed by atoms with Crippen LogP contribution >= 0.6 is 15.9 Å². The van der Waals surface area contributed by atoms with Gasteiger partial charge in [0.25, 0.3) is 0 Å². The minimum absolute atomic E-state index is 0.451. The summed E-state index contributed by atoms with van der Waals surface area (Å²) in [4.78, 5) is 16.3. The highest BCUT2D eigenvalue weighted by Gasteiger charge is 2.18.